The third-order valence-corrected chi connectivity index (χ3v) is 3.13. The summed E-state index contributed by atoms with van der Waals surface area (Å²) in [5.74, 6) is 0.115. The molecule has 0 fully saturated rings. The lowest BCUT2D eigenvalue weighted by Crippen LogP contribution is -2.00. The van der Waals surface area contributed by atoms with E-state index in [2.05, 4.69) is 22.5 Å². The number of ketones is 1. The molecule has 1 nitrogen and oxygen atoms in total. The van der Waals surface area contributed by atoms with Gasteiger partial charge < -0.3 is 0 Å². The first-order chi connectivity index (χ1) is 5.59. The van der Waals surface area contributed by atoms with Gasteiger partial charge in [0, 0.05) is 21.2 Å². The molecule has 0 aliphatic heterocycles. The van der Waals surface area contributed by atoms with Crippen molar-refractivity contribution in [3.63, 3.8) is 0 Å². The zero-order valence-electron chi connectivity index (χ0n) is 6.76. The molecule has 0 saturated heterocycles. The highest BCUT2D eigenvalue weighted by atomic mass is 79.9. The van der Waals surface area contributed by atoms with E-state index < -0.39 is 0 Å². The lowest BCUT2D eigenvalue weighted by molar-refractivity contribution is -0.114. The third-order valence-electron chi connectivity index (χ3n) is 1.43. The first-order valence-corrected chi connectivity index (χ1v) is 5.18. The Balaban J connectivity index is 2.64. The monoisotopic (exact) mass is 244 g/mol. The van der Waals surface area contributed by atoms with Crippen molar-refractivity contribution in [3.8, 4) is 0 Å². The van der Waals surface area contributed by atoms with E-state index in [1.54, 1.807) is 18.3 Å². The normalized spacial score (nSPS) is 9.83. The van der Waals surface area contributed by atoms with Crippen molar-refractivity contribution < 1.29 is 4.79 Å². The van der Waals surface area contributed by atoms with E-state index in [0.717, 1.165) is 9.35 Å². The van der Waals surface area contributed by atoms with Crippen LogP contribution in [-0.2, 0) is 11.2 Å². The molecule has 0 aliphatic rings. The number of rotatable bonds is 3. The lowest BCUT2D eigenvalue weighted by Gasteiger charge is -1.94. The van der Waals surface area contributed by atoms with Gasteiger partial charge in [-0.1, -0.05) is 6.58 Å². The second kappa shape index (κ2) is 4.01. The Kier molecular flexibility index (Phi) is 3.23. The number of carbonyl (C=O) groups is 1. The molecule has 0 bridgehead atoms. The Morgan fingerprint density at radius 2 is 2.42 bits per heavy atom. The fraction of sp³-hybridized carbons (Fsp3) is 0.222. The molecule has 0 aliphatic carbocycles. The molecule has 0 radical (unpaired) electrons. The minimum atomic E-state index is 0.115. The van der Waals surface area contributed by atoms with Gasteiger partial charge in [-0.15, -0.1) is 11.3 Å². The molecule has 1 aromatic rings. The second-order valence-electron chi connectivity index (χ2n) is 2.61. The lowest BCUT2D eigenvalue weighted by atomic mass is 10.1. The smallest absolute Gasteiger partial charge is 0.163 e. The van der Waals surface area contributed by atoms with E-state index in [9.17, 15) is 4.79 Å². The molecule has 0 N–H and O–H groups in total. The molecule has 1 rings (SSSR count). The largest absolute Gasteiger partial charge is 0.294 e. The topological polar surface area (TPSA) is 17.1 Å². The van der Waals surface area contributed by atoms with Crippen molar-refractivity contribution in [2.24, 2.45) is 0 Å². The van der Waals surface area contributed by atoms with Gasteiger partial charge >= 0.3 is 0 Å². The summed E-state index contributed by atoms with van der Waals surface area (Å²) in [5, 5.41) is 1.97. The highest BCUT2D eigenvalue weighted by Crippen LogP contribution is 2.20. The van der Waals surface area contributed by atoms with Crippen LogP contribution in [0.25, 0.3) is 0 Å². The Hall–Kier alpha value is -0.410. The van der Waals surface area contributed by atoms with E-state index >= 15 is 0 Å². The minimum absolute atomic E-state index is 0.115. The summed E-state index contributed by atoms with van der Waals surface area (Å²) in [4.78, 5) is 12.3. The van der Waals surface area contributed by atoms with Crippen LogP contribution in [-0.4, -0.2) is 5.78 Å². The Morgan fingerprint density at radius 3 is 2.83 bits per heavy atom. The molecular formula is C9H9BrOS. The highest BCUT2D eigenvalue weighted by Gasteiger charge is 2.05. The average molecular weight is 245 g/mol. The van der Waals surface area contributed by atoms with Crippen LogP contribution in [0, 0.1) is 0 Å². The zero-order chi connectivity index (χ0) is 9.14. The third kappa shape index (κ3) is 2.57. The Labute approximate surface area is 84.2 Å². The summed E-state index contributed by atoms with van der Waals surface area (Å²) >= 11 is 4.92. The van der Waals surface area contributed by atoms with Crippen LogP contribution in [0.3, 0.4) is 0 Å². The van der Waals surface area contributed by atoms with Gasteiger partial charge in [0.15, 0.2) is 5.78 Å². The molecule has 64 valence electrons. The quantitative estimate of drug-likeness (QED) is 0.747. The molecule has 0 spiro atoms. The molecule has 3 heteroatoms. The minimum Gasteiger partial charge on any atom is -0.294 e. The Morgan fingerprint density at radius 1 is 1.75 bits per heavy atom. The molecule has 1 heterocycles. The summed E-state index contributed by atoms with van der Waals surface area (Å²) in [5.41, 5.74) is 0.625. The maximum Gasteiger partial charge on any atom is 0.163 e. The van der Waals surface area contributed by atoms with Gasteiger partial charge in [0.2, 0.25) is 0 Å². The molecule has 0 saturated carbocycles. The van der Waals surface area contributed by atoms with E-state index in [4.69, 9.17) is 0 Å². The number of carbonyl (C=O) groups excluding carboxylic acids is 1. The van der Waals surface area contributed by atoms with E-state index in [0.29, 0.717) is 12.0 Å². The predicted molar refractivity (Wildman–Crippen MR) is 55.5 cm³/mol. The zero-order valence-corrected chi connectivity index (χ0v) is 9.17. The molecule has 1 aromatic heterocycles. The van der Waals surface area contributed by atoms with Crippen LogP contribution in [0.1, 0.15) is 11.8 Å². The number of thiophene rings is 1. The summed E-state index contributed by atoms with van der Waals surface area (Å²) in [6.07, 6.45) is 0.478. The average Bonchev–Trinajstić information content (AvgIpc) is 2.35. The summed E-state index contributed by atoms with van der Waals surface area (Å²) < 4.78 is 1.04. The molecule has 0 unspecified atom stereocenters. The van der Waals surface area contributed by atoms with Crippen LogP contribution in [0.15, 0.2) is 28.1 Å². The highest BCUT2D eigenvalue weighted by molar-refractivity contribution is 9.10. The fourth-order valence-electron chi connectivity index (χ4n) is 0.756. The van der Waals surface area contributed by atoms with E-state index in [-0.39, 0.29) is 5.78 Å². The van der Waals surface area contributed by atoms with Gasteiger partial charge in [0.05, 0.1) is 0 Å². The van der Waals surface area contributed by atoms with Gasteiger partial charge in [-0.2, -0.15) is 0 Å². The maximum absolute atomic E-state index is 11.2. The number of hydrogen-bond donors (Lipinski definition) is 0. The SMILES string of the molecule is C=C(C)C(=O)Cc1cc(Br)cs1. The van der Waals surface area contributed by atoms with E-state index in [1.807, 2.05) is 11.4 Å². The second-order valence-corrected chi connectivity index (χ2v) is 4.52. The van der Waals surface area contributed by atoms with Crippen LogP contribution in [0.4, 0.5) is 0 Å². The van der Waals surface area contributed by atoms with Crippen molar-refractivity contribution in [2.45, 2.75) is 13.3 Å². The van der Waals surface area contributed by atoms with Crippen LogP contribution in [0.5, 0.6) is 0 Å². The number of halogens is 1. The van der Waals surface area contributed by atoms with Gasteiger partial charge in [0.25, 0.3) is 0 Å². The van der Waals surface area contributed by atoms with Crippen LogP contribution >= 0.6 is 27.3 Å². The number of Topliss-reactive ketones (excluding diaryl/α,β-unsaturated/α-hetero) is 1. The van der Waals surface area contributed by atoms with Gasteiger partial charge in [-0.3, -0.25) is 4.79 Å². The fourth-order valence-corrected chi connectivity index (χ4v) is 2.21. The molecule has 12 heavy (non-hydrogen) atoms. The van der Waals surface area contributed by atoms with Crippen LogP contribution in [0.2, 0.25) is 0 Å². The molecule has 0 atom stereocenters. The summed E-state index contributed by atoms with van der Waals surface area (Å²) in [6.45, 7) is 5.34. The molecule has 0 aromatic carbocycles. The van der Waals surface area contributed by atoms with Crippen molar-refractivity contribution in [3.05, 3.63) is 32.9 Å². The standard InChI is InChI=1S/C9H9BrOS/c1-6(2)9(11)4-8-3-7(10)5-12-8/h3,5H,1,4H2,2H3. The maximum atomic E-state index is 11.2. The van der Waals surface area contributed by atoms with Crippen molar-refractivity contribution in [1.82, 2.24) is 0 Å². The summed E-state index contributed by atoms with van der Waals surface area (Å²) in [7, 11) is 0. The van der Waals surface area contributed by atoms with Crippen LogP contribution < -0.4 is 0 Å². The van der Waals surface area contributed by atoms with Crippen molar-refractivity contribution in [1.29, 1.82) is 0 Å². The summed E-state index contributed by atoms with van der Waals surface area (Å²) in [6, 6.07) is 1.96. The first-order valence-electron chi connectivity index (χ1n) is 3.51. The van der Waals surface area contributed by atoms with Gasteiger partial charge in [-0.05, 0) is 34.5 Å². The number of hydrogen-bond acceptors (Lipinski definition) is 2. The first kappa shape index (κ1) is 9.68. The predicted octanol–water partition coefficient (Wildman–Crippen LogP) is 3.20. The Bertz CT molecular complexity index is 314. The van der Waals surface area contributed by atoms with Crippen molar-refractivity contribution in [2.75, 3.05) is 0 Å². The van der Waals surface area contributed by atoms with E-state index in [1.165, 1.54) is 0 Å². The molecular weight excluding hydrogens is 236 g/mol. The number of allylic oxidation sites excluding steroid dienone is 1. The van der Waals surface area contributed by atoms with Crippen molar-refractivity contribution >= 4 is 33.0 Å². The van der Waals surface area contributed by atoms with Gasteiger partial charge in [-0.25, -0.2) is 0 Å². The molecule has 0 amide bonds. The van der Waals surface area contributed by atoms with Gasteiger partial charge in [0.1, 0.15) is 0 Å².